The van der Waals surface area contributed by atoms with E-state index in [-0.39, 0.29) is 5.91 Å². The summed E-state index contributed by atoms with van der Waals surface area (Å²) in [7, 11) is 0. The molecule has 2 aromatic heterocycles. The van der Waals surface area contributed by atoms with Gasteiger partial charge in [0.15, 0.2) is 0 Å². The van der Waals surface area contributed by atoms with Crippen molar-refractivity contribution in [3.63, 3.8) is 0 Å². The van der Waals surface area contributed by atoms with Gasteiger partial charge < -0.3 is 14.0 Å². The van der Waals surface area contributed by atoms with Crippen LogP contribution in [0.25, 0.3) is 0 Å². The van der Waals surface area contributed by atoms with Crippen molar-refractivity contribution in [2.45, 2.75) is 33.2 Å². The van der Waals surface area contributed by atoms with Gasteiger partial charge >= 0.3 is 0 Å². The number of imidazole rings is 1. The molecule has 7 heteroatoms. The number of aromatic nitrogens is 3. The Balaban J connectivity index is 1.40. The normalized spacial score (nSPS) is 15.8. The van der Waals surface area contributed by atoms with Gasteiger partial charge in [-0.3, -0.25) is 9.69 Å². The van der Waals surface area contributed by atoms with Crippen LogP contribution in [0.3, 0.4) is 0 Å². The largest absolute Gasteiger partial charge is 0.361 e. The van der Waals surface area contributed by atoms with E-state index in [9.17, 15) is 4.79 Å². The van der Waals surface area contributed by atoms with Crippen molar-refractivity contribution < 1.29 is 9.32 Å². The third kappa shape index (κ3) is 4.03. The van der Waals surface area contributed by atoms with Crippen molar-refractivity contribution in [3.8, 4) is 0 Å². The highest BCUT2D eigenvalue weighted by molar-refractivity contribution is 5.76. The highest BCUT2D eigenvalue weighted by atomic mass is 16.5. The average molecular weight is 331 g/mol. The summed E-state index contributed by atoms with van der Waals surface area (Å²) in [5.41, 5.74) is 1.96. The maximum absolute atomic E-state index is 12.4. The molecule has 3 rings (SSSR count). The lowest BCUT2D eigenvalue weighted by molar-refractivity contribution is -0.132. The summed E-state index contributed by atoms with van der Waals surface area (Å²) in [6.45, 7) is 9.26. The number of piperazine rings is 1. The minimum Gasteiger partial charge on any atom is -0.361 e. The van der Waals surface area contributed by atoms with Crippen LogP contribution in [-0.4, -0.2) is 63.1 Å². The first-order valence-electron chi connectivity index (χ1n) is 8.51. The summed E-state index contributed by atoms with van der Waals surface area (Å²) in [5.74, 6) is 1.05. The Bertz CT molecular complexity index is 637. The molecule has 0 bridgehead atoms. The van der Waals surface area contributed by atoms with Crippen LogP contribution < -0.4 is 0 Å². The number of hydrogen-bond acceptors (Lipinski definition) is 5. The fourth-order valence-corrected chi connectivity index (χ4v) is 3.15. The van der Waals surface area contributed by atoms with Gasteiger partial charge in [-0.1, -0.05) is 5.16 Å². The Morgan fingerprint density at radius 1 is 1.21 bits per heavy atom. The van der Waals surface area contributed by atoms with Crippen molar-refractivity contribution in [3.05, 3.63) is 35.7 Å². The van der Waals surface area contributed by atoms with Gasteiger partial charge in [0.2, 0.25) is 5.91 Å². The molecule has 1 amide bonds. The number of amides is 1. The lowest BCUT2D eigenvalue weighted by atomic mass is 10.1. The van der Waals surface area contributed by atoms with Crippen LogP contribution in [0.4, 0.5) is 0 Å². The van der Waals surface area contributed by atoms with E-state index in [1.54, 1.807) is 6.20 Å². The molecule has 130 valence electrons. The predicted octanol–water partition coefficient (Wildman–Crippen LogP) is 1.26. The van der Waals surface area contributed by atoms with E-state index >= 15 is 0 Å². The summed E-state index contributed by atoms with van der Waals surface area (Å²) in [5, 5.41) is 3.95. The molecule has 1 saturated heterocycles. The third-order valence-electron chi connectivity index (χ3n) is 4.73. The minimum atomic E-state index is 0.226. The maximum Gasteiger partial charge on any atom is 0.222 e. The summed E-state index contributed by atoms with van der Waals surface area (Å²) in [6, 6.07) is 0. The highest BCUT2D eigenvalue weighted by Gasteiger charge is 2.21. The number of carbonyl (C=O) groups excluding carboxylic acids is 1. The second kappa shape index (κ2) is 7.61. The van der Waals surface area contributed by atoms with E-state index in [4.69, 9.17) is 4.52 Å². The molecule has 0 aromatic carbocycles. The smallest absolute Gasteiger partial charge is 0.222 e. The topological polar surface area (TPSA) is 67.4 Å². The van der Waals surface area contributed by atoms with Gasteiger partial charge in [-0.05, 0) is 20.3 Å². The zero-order valence-corrected chi connectivity index (χ0v) is 14.4. The fourth-order valence-electron chi connectivity index (χ4n) is 3.15. The lowest BCUT2D eigenvalue weighted by Crippen LogP contribution is -2.49. The van der Waals surface area contributed by atoms with Crippen LogP contribution >= 0.6 is 0 Å². The Kier molecular flexibility index (Phi) is 5.30. The highest BCUT2D eigenvalue weighted by Crippen LogP contribution is 2.15. The van der Waals surface area contributed by atoms with E-state index in [0.717, 1.165) is 56.3 Å². The molecule has 0 spiro atoms. The number of hydrogen-bond donors (Lipinski definition) is 0. The summed E-state index contributed by atoms with van der Waals surface area (Å²) in [4.78, 5) is 20.8. The quantitative estimate of drug-likeness (QED) is 0.797. The second-order valence-corrected chi connectivity index (χ2v) is 6.33. The average Bonchev–Trinajstić information content (AvgIpc) is 3.22. The van der Waals surface area contributed by atoms with E-state index < -0.39 is 0 Å². The fraction of sp³-hybridized carbons (Fsp3) is 0.588. The molecule has 2 aromatic rings. The van der Waals surface area contributed by atoms with Gasteiger partial charge in [0, 0.05) is 63.6 Å². The second-order valence-electron chi connectivity index (χ2n) is 6.33. The van der Waals surface area contributed by atoms with Crippen molar-refractivity contribution in [1.29, 1.82) is 0 Å². The molecule has 24 heavy (non-hydrogen) atoms. The SMILES string of the molecule is Cc1noc(C)c1CCC(=O)N1CCN(CCn2ccnc2)CC1. The van der Waals surface area contributed by atoms with Gasteiger partial charge in [-0.25, -0.2) is 4.98 Å². The van der Waals surface area contributed by atoms with Gasteiger partial charge in [-0.2, -0.15) is 0 Å². The van der Waals surface area contributed by atoms with E-state index in [1.165, 1.54) is 0 Å². The molecule has 1 aliphatic rings. The van der Waals surface area contributed by atoms with Crippen molar-refractivity contribution >= 4 is 5.91 Å². The molecule has 0 aliphatic carbocycles. The van der Waals surface area contributed by atoms with Crippen LogP contribution in [-0.2, 0) is 17.8 Å². The van der Waals surface area contributed by atoms with Gasteiger partial charge in [-0.15, -0.1) is 0 Å². The zero-order valence-electron chi connectivity index (χ0n) is 14.4. The number of nitrogens with zero attached hydrogens (tertiary/aromatic N) is 5. The molecule has 0 N–H and O–H groups in total. The summed E-state index contributed by atoms with van der Waals surface area (Å²) >= 11 is 0. The molecule has 1 aliphatic heterocycles. The summed E-state index contributed by atoms with van der Waals surface area (Å²) < 4.78 is 7.24. The first-order chi connectivity index (χ1) is 11.6. The van der Waals surface area contributed by atoms with Crippen LogP contribution in [0.15, 0.2) is 23.2 Å². The molecule has 1 fully saturated rings. The Morgan fingerprint density at radius 3 is 2.62 bits per heavy atom. The monoisotopic (exact) mass is 331 g/mol. The number of rotatable bonds is 6. The Labute approximate surface area is 142 Å². The molecule has 0 radical (unpaired) electrons. The van der Waals surface area contributed by atoms with Crippen molar-refractivity contribution in [1.82, 2.24) is 24.5 Å². The lowest BCUT2D eigenvalue weighted by Gasteiger charge is -2.34. The van der Waals surface area contributed by atoms with Crippen LogP contribution in [0, 0.1) is 13.8 Å². The van der Waals surface area contributed by atoms with Crippen LogP contribution in [0.2, 0.25) is 0 Å². The molecule has 0 saturated carbocycles. The standard InChI is InChI=1S/C17H25N5O2/c1-14-16(15(2)24-19-14)3-4-17(23)22-11-9-20(10-12-22)7-8-21-6-5-18-13-21/h5-6,13H,3-4,7-12H2,1-2H3. The van der Waals surface area contributed by atoms with Crippen molar-refractivity contribution in [2.24, 2.45) is 0 Å². The molecule has 0 atom stereocenters. The maximum atomic E-state index is 12.4. The van der Waals surface area contributed by atoms with Crippen LogP contribution in [0.5, 0.6) is 0 Å². The minimum absolute atomic E-state index is 0.226. The first-order valence-corrected chi connectivity index (χ1v) is 8.51. The van der Waals surface area contributed by atoms with E-state index in [2.05, 4.69) is 19.6 Å². The van der Waals surface area contributed by atoms with Gasteiger partial charge in [0.05, 0.1) is 12.0 Å². The number of carbonyl (C=O) groups is 1. The van der Waals surface area contributed by atoms with Crippen molar-refractivity contribution in [2.75, 3.05) is 32.7 Å². The predicted molar refractivity (Wildman–Crippen MR) is 89.5 cm³/mol. The molecule has 7 nitrogen and oxygen atoms in total. The number of aryl methyl sites for hydroxylation is 2. The van der Waals surface area contributed by atoms with Gasteiger partial charge in [0.25, 0.3) is 0 Å². The van der Waals surface area contributed by atoms with E-state index in [0.29, 0.717) is 12.8 Å². The third-order valence-corrected chi connectivity index (χ3v) is 4.73. The van der Waals surface area contributed by atoms with Crippen LogP contribution in [0.1, 0.15) is 23.4 Å². The molecule has 0 unspecified atom stereocenters. The zero-order chi connectivity index (χ0) is 16.9. The van der Waals surface area contributed by atoms with Gasteiger partial charge in [0.1, 0.15) is 5.76 Å². The molecular formula is C17H25N5O2. The Hall–Kier alpha value is -2.15. The molecule has 3 heterocycles. The summed E-state index contributed by atoms with van der Waals surface area (Å²) in [6.07, 6.45) is 6.86. The van der Waals surface area contributed by atoms with E-state index in [1.807, 2.05) is 31.3 Å². The first kappa shape index (κ1) is 16.7. The molecular weight excluding hydrogens is 306 g/mol. The Morgan fingerprint density at radius 2 is 2.00 bits per heavy atom.